The second-order valence-electron chi connectivity index (χ2n) is 6.19. The van der Waals surface area contributed by atoms with Gasteiger partial charge in [-0.25, -0.2) is 4.98 Å². The van der Waals surface area contributed by atoms with E-state index in [2.05, 4.69) is 16.8 Å². The van der Waals surface area contributed by atoms with Gasteiger partial charge in [0.25, 0.3) is 10.1 Å². The third-order valence-electron chi connectivity index (χ3n) is 3.68. The summed E-state index contributed by atoms with van der Waals surface area (Å²) in [5, 5.41) is 0.531. The Labute approximate surface area is 160 Å². The van der Waals surface area contributed by atoms with Gasteiger partial charge >= 0.3 is 0 Å². The molecule has 0 aliphatic heterocycles. The van der Waals surface area contributed by atoms with E-state index in [9.17, 15) is 8.42 Å². The van der Waals surface area contributed by atoms with E-state index in [-0.39, 0.29) is 4.90 Å². The standard InChI is InChI=1S/C11H17ClN2O.C7H8O3S/c1-8-5-10(6-13-11(8)12)15-7-9(2)14(3)4;1-6-2-4-7(5-3-6)11(8,9)10/h5-6,9H,7H2,1-4H3;2-5H,1H3,(H,8,9,10)/t9-;/m0./s1. The van der Waals surface area contributed by atoms with Crippen molar-refractivity contribution in [2.24, 2.45) is 0 Å². The maximum absolute atomic E-state index is 10.5. The molecule has 1 aromatic heterocycles. The molecule has 0 aliphatic rings. The number of aryl methyl sites for hydroxylation is 2. The lowest BCUT2D eigenvalue weighted by atomic mass is 10.2. The van der Waals surface area contributed by atoms with Gasteiger partial charge in [0, 0.05) is 6.04 Å². The first-order chi connectivity index (χ1) is 12.0. The van der Waals surface area contributed by atoms with Crippen LogP contribution >= 0.6 is 11.6 Å². The molecule has 0 bridgehead atoms. The van der Waals surface area contributed by atoms with Gasteiger partial charge in [-0.15, -0.1) is 0 Å². The Bertz CT molecular complexity index is 808. The number of ether oxygens (including phenoxy) is 1. The zero-order chi connectivity index (χ0) is 19.9. The number of nitrogens with zero attached hydrogens (tertiary/aromatic N) is 2. The second kappa shape index (κ2) is 9.87. The minimum Gasteiger partial charge on any atom is -0.490 e. The van der Waals surface area contributed by atoms with E-state index in [1.165, 1.54) is 12.1 Å². The molecule has 0 saturated heterocycles. The summed E-state index contributed by atoms with van der Waals surface area (Å²) in [6.07, 6.45) is 1.65. The SMILES string of the molecule is Cc1cc(OC[C@H](C)N(C)C)cnc1Cl.Cc1ccc(S(=O)(=O)O)cc1. The summed E-state index contributed by atoms with van der Waals surface area (Å²) in [4.78, 5) is 6.07. The van der Waals surface area contributed by atoms with Crippen molar-refractivity contribution in [3.05, 3.63) is 52.8 Å². The largest absolute Gasteiger partial charge is 0.490 e. The lowest BCUT2D eigenvalue weighted by molar-refractivity contribution is 0.198. The summed E-state index contributed by atoms with van der Waals surface area (Å²) < 4.78 is 35.2. The van der Waals surface area contributed by atoms with Gasteiger partial charge in [-0.3, -0.25) is 4.55 Å². The van der Waals surface area contributed by atoms with Crippen molar-refractivity contribution in [2.45, 2.75) is 31.7 Å². The fourth-order valence-corrected chi connectivity index (χ4v) is 2.27. The van der Waals surface area contributed by atoms with Gasteiger partial charge in [0.15, 0.2) is 0 Å². The quantitative estimate of drug-likeness (QED) is 0.610. The van der Waals surface area contributed by atoms with Crippen molar-refractivity contribution < 1.29 is 17.7 Å². The molecule has 144 valence electrons. The van der Waals surface area contributed by atoms with Crippen LogP contribution in [-0.2, 0) is 10.1 Å². The Balaban J connectivity index is 0.000000273. The van der Waals surface area contributed by atoms with Crippen molar-refractivity contribution in [3.63, 3.8) is 0 Å². The van der Waals surface area contributed by atoms with Crippen LogP contribution in [0.1, 0.15) is 18.1 Å². The Morgan fingerprint density at radius 3 is 2.27 bits per heavy atom. The first-order valence-corrected chi connectivity index (χ1v) is 9.78. The molecule has 26 heavy (non-hydrogen) atoms. The number of pyridine rings is 1. The topological polar surface area (TPSA) is 79.7 Å². The van der Waals surface area contributed by atoms with Gasteiger partial charge in [0.05, 0.1) is 11.1 Å². The van der Waals surface area contributed by atoms with E-state index in [1.807, 2.05) is 34.0 Å². The maximum Gasteiger partial charge on any atom is 0.294 e. The summed E-state index contributed by atoms with van der Waals surface area (Å²) in [6.45, 7) is 6.51. The van der Waals surface area contributed by atoms with Crippen LogP contribution in [0.5, 0.6) is 5.75 Å². The van der Waals surface area contributed by atoms with Crippen LogP contribution < -0.4 is 4.74 Å². The van der Waals surface area contributed by atoms with Crippen LogP contribution in [0.2, 0.25) is 5.15 Å². The Morgan fingerprint density at radius 2 is 1.81 bits per heavy atom. The summed E-state index contributed by atoms with van der Waals surface area (Å²) in [7, 11) is 0.0348. The van der Waals surface area contributed by atoms with Gasteiger partial charge in [-0.05, 0) is 58.6 Å². The minimum atomic E-state index is -4.02. The lowest BCUT2D eigenvalue weighted by Crippen LogP contribution is -2.30. The Morgan fingerprint density at radius 1 is 1.23 bits per heavy atom. The first-order valence-electron chi connectivity index (χ1n) is 7.96. The highest BCUT2D eigenvalue weighted by Gasteiger charge is 2.07. The highest BCUT2D eigenvalue weighted by atomic mass is 35.5. The van der Waals surface area contributed by atoms with Gasteiger partial charge in [-0.1, -0.05) is 29.3 Å². The van der Waals surface area contributed by atoms with Crippen LogP contribution in [0.25, 0.3) is 0 Å². The molecule has 2 rings (SSSR count). The first kappa shape index (κ1) is 22.4. The molecule has 8 heteroatoms. The van der Waals surface area contributed by atoms with Crippen LogP contribution in [0.3, 0.4) is 0 Å². The summed E-state index contributed by atoms with van der Waals surface area (Å²) in [6, 6.07) is 8.26. The Hall–Kier alpha value is -1.67. The van der Waals surface area contributed by atoms with E-state index in [0.29, 0.717) is 17.8 Å². The van der Waals surface area contributed by atoms with Gasteiger partial charge in [-0.2, -0.15) is 8.42 Å². The van der Waals surface area contributed by atoms with Crippen LogP contribution in [-0.4, -0.2) is 49.6 Å². The van der Waals surface area contributed by atoms with Crippen molar-refractivity contribution >= 4 is 21.7 Å². The van der Waals surface area contributed by atoms with Crippen molar-refractivity contribution in [3.8, 4) is 5.75 Å². The monoisotopic (exact) mass is 400 g/mol. The number of halogens is 1. The average Bonchev–Trinajstić information content (AvgIpc) is 2.55. The van der Waals surface area contributed by atoms with Crippen LogP contribution in [0, 0.1) is 13.8 Å². The molecule has 0 spiro atoms. The predicted octanol–water partition coefficient (Wildman–Crippen LogP) is 3.61. The highest BCUT2D eigenvalue weighted by molar-refractivity contribution is 7.85. The third-order valence-corrected chi connectivity index (χ3v) is 4.94. The molecule has 0 radical (unpaired) electrons. The summed E-state index contributed by atoms with van der Waals surface area (Å²) in [5.74, 6) is 0.769. The molecule has 1 aromatic carbocycles. The molecule has 0 amide bonds. The van der Waals surface area contributed by atoms with Crippen molar-refractivity contribution in [1.29, 1.82) is 0 Å². The van der Waals surface area contributed by atoms with E-state index in [4.69, 9.17) is 20.9 Å². The average molecular weight is 401 g/mol. The number of likely N-dealkylation sites (N-methyl/N-ethyl adjacent to an activating group) is 1. The molecule has 0 unspecified atom stereocenters. The van der Waals surface area contributed by atoms with Crippen molar-refractivity contribution in [1.82, 2.24) is 9.88 Å². The number of benzene rings is 1. The second-order valence-corrected chi connectivity index (χ2v) is 7.97. The number of aromatic nitrogens is 1. The molecule has 2 aromatic rings. The molecule has 1 N–H and O–H groups in total. The van der Waals surface area contributed by atoms with Gasteiger partial charge in [0.2, 0.25) is 0 Å². The molecule has 1 atom stereocenters. The molecule has 0 saturated carbocycles. The maximum atomic E-state index is 10.5. The summed E-state index contributed by atoms with van der Waals surface area (Å²) in [5.41, 5.74) is 1.89. The molecule has 1 heterocycles. The van der Waals surface area contributed by atoms with Crippen LogP contribution in [0.4, 0.5) is 0 Å². The fourth-order valence-electron chi connectivity index (χ4n) is 1.69. The highest BCUT2D eigenvalue weighted by Crippen LogP contribution is 2.18. The number of rotatable bonds is 5. The zero-order valence-corrected chi connectivity index (χ0v) is 17.2. The number of hydrogen-bond acceptors (Lipinski definition) is 5. The fraction of sp³-hybridized carbons (Fsp3) is 0.389. The van der Waals surface area contributed by atoms with E-state index >= 15 is 0 Å². The molecule has 6 nitrogen and oxygen atoms in total. The zero-order valence-electron chi connectivity index (χ0n) is 15.6. The summed E-state index contributed by atoms with van der Waals surface area (Å²) >= 11 is 5.82. The Kier molecular flexibility index (Phi) is 8.49. The van der Waals surface area contributed by atoms with E-state index in [0.717, 1.165) is 16.9 Å². The van der Waals surface area contributed by atoms with E-state index < -0.39 is 10.1 Å². The van der Waals surface area contributed by atoms with Crippen molar-refractivity contribution in [2.75, 3.05) is 20.7 Å². The van der Waals surface area contributed by atoms with Crippen LogP contribution in [0.15, 0.2) is 41.4 Å². The molecule has 0 aliphatic carbocycles. The van der Waals surface area contributed by atoms with Gasteiger partial charge in [0.1, 0.15) is 17.5 Å². The third kappa shape index (κ3) is 7.70. The van der Waals surface area contributed by atoms with Gasteiger partial charge < -0.3 is 9.64 Å². The molecular weight excluding hydrogens is 376 g/mol. The smallest absolute Gasteiger partial charge is 0.294 e. The predicted molar refractivity (Wildman–Crippen MR) is 104 cm³/mol. The van der Waals surface area contributed by atoms with E-state index in [1.54, 1.807) is 18.3 Å². The number of hydrogen-bond donors (Lipinski definition) is 1. The minimum absolute atomic E-state index is 0.0666. The molecular formula is C18H25ClN2O4S. The normalized spacial score (nSPS) is 12.3. The lowest BCUT2D eigenvalue weighted by Gasteiger charge is -2.19. The molecule has 0 fully saturated rings.